The molecule has 0 unspecified atom stereocenters. The van der Waals surface area contributed by atoms with Gasteiger partial charge in [-0.3, -0.25) is 14.4 Å². The number of carbonyl (C=O) groups excluding carboxylic acids is 3. The molecular weight excluding hydrogens is 410 g/mol. The summed E-state index contributed by atoms with van der Waals surface area (Å²) in [5.41, 5.74) is 4.49. The summed E-state index contributed by atoms with van der Waals surface area (Å²) in [5, 5.41) is 5.53. The van der Waals surface area contributed by atoms with E-state index < -0.39 is 5.92 Å². The quantitative estimate of drug-likeness (QED) is 0.749. The summed E-state index contributed by atoms with van der Waals surface area (Å²) >= 11 is 0. The van der Waals surface area contributed by atoms with Crippen LogP contribution in [0.25, 0.3) is 0 Å². The highest BCUT2D eigenvalue weighted by Gasteiger charge is 2.35. The fraction of sp³-hybridized carbons (Fsp3) is 0.375. The summed E-state index contributed by atoms with van der Waals surface area (Å²) in [6, 6.07) is 9.30. The smallest absolute Gasteiger partial charge is 0.243 e. The monoisotopic (exact) mass is 437 g/mol. The Morgan fingerprint density at radius 2 is 1.72 bits per heavy atom. The molecule has 2 aromatic carbocycles. The fourth-order valence-corrected chi connectivity index (χ4v) is 4.21. The van der Waals surface area contributed by atoms with Crippen molar-refractivity contribution in [2.24, 2.45) is 5.92 Å². The fourth-order valence-electron chi connectivity index (χ4n) is 4.21. The molecule has 8 heteroatoms. The van der Waals surface area contributed by atoms with Crippen molar-refractivity contribution < 1.29 is 23.9 Å². The summed E-state index contributed by atoms with van der Waals surface area (Å²) in [6.45, 7) is 6.92. The molecule has 8 nitrogen and oxygen atoms in total. The standard InChI is InChI=1S/C24H27N3O5/c1-14-8-15(2)23(16(3)9-14)26-21(28)12-25-24(30)17-10-22(29)27(13-17)18-4-5-19-20(11-18)32-7-6-31-19/h4-5,8-9,11,17H,6-7,10,12-13H2,1-3H3,(H,25,30)(H,26,28)/t17-/m1/s1. The van der Waals surface area contributed by atoms with Crippen molar-refractivity contribution in [3.8, 4) is 11.5 Å². The van der Waals surface area contributed by atoms with Crippen molar-refractivity contribution >= 4 is 29.1 Å². The van der Waals surface area contributed by atoms with Crippen molar-refractivity contribution in [2.75, 3.05) is 36.5 Å². The zero-order chi connectivity index (χ0) is 22.8. The molecule has 1 fully saturated rings. The number of hydrogen-bond acceptors (Lipinski definition) is 5. The van der Waals surface area contributed by atoms with E-state index >= 15 is 0 Å². The number of nitrogens with one attached hydrogen (secondary N) is 2. The summed E-state index contributed by atoms with van der Waals surface area (Å²) in [6.07, 6.45) is 0.0953. The predicted octanol–water partition coefficient (Wildman–Crippen LogP) is 2.49. The molecule has 2 aliphatic rings. The van der Waals surface area contributed by atoms with E-state index in [2.05, 4.69) is 10.6 Å². The highest BCUT2D eigenvalue weighted by Crippen LogP contribution is 2.36. The molecule has 0 bridgehead atoms. The lowest BCUT2D eigenvalue weighted by Gasteiger charge is -2.22. The third-order valence-corrected chi connectivity index (χ3v) is 5.70. The summed E-state index contributed by atoms with van der Waals surface area (Å²) in [5.74, 6) is -0.0466. The van der Waals surface area contributed by atoms with Gasteiger partial charge in [0.05, 0.1) is 12.5 Å². The van der Waals surface area contributed by atoms with E-state index in [1.165, 1.54) is 0 Å². The molecule has 0 aromatic heterocycles. The lowest BCUT2D eigenvalue weighted by molar-refractivity contribution is -0.127. The third kappa shape index (κ3) is 4.54. The lowest BCUT2D eigenvalue weighted by atomic mass is 10.1. The molecule has 0 radical (unpaired) electrons. The van der Waals surface area contributed by atoms with Crippen molar-refractivity contribution in [1.82, 2.24) is 5.32 Å². The third-order valence-electron chi connectivity index (χ3n) is 5.70. The largest absolute Gasteiger partial charge is 0.486 e. The van der Waals surface area contributed by atoms with Crippen LogP contribution in [0.5, 0.6) is 11.5 Å². The summed E-state index contributed by atoms with van der Waals surface area (Å²) < 4.78 is 11.1. The van der Waals surface area contributed by atoms with Crippen LogP contribution in [-0.4, -0.2) is 44.0 Å². The van der Waals surface area contributed by atoms with Crippen LogP contribution in [0, 0.1) is 26.7 Å². The average Bonchev–Trinajstić information content (AvgIpc) is 3.16. The van der Waals surface area contributed by atoms with Gasteiger partial charge in [0.15, 0.2) is 11.5 Å². The average molecular weight is 437 g/mol. The first kappa shape index (κ1) is 21.7. The van der Waals surface area contributed by atoms with Crippen molar-refractivity contribution in [1.29, 1.82) is 0 Å². The molecule has 168 valence electrons. The molecule has 2 aromatic rings. The van der Waals surface area contributed by atoms with E-state index in [-0.39, 0.29) is 37.2 Å². The Bertz CT molecular complexity index is 1060. The van der Waals surface area contributed by atoms with Gasteiger partial charge in [0.25, 0.3) is 0 Å². The van der Waals surface area contributed by atoms with Crippen molar-refractivity contribution in [3.63, 3.8) is 0 Å². The molecule has 2 aliphatic heterocycles. The van der Waals surface area contributed by atoms with Crippen molar-refractivity contribution in [3.05, 3.63) is 47.0 Å². The molecular formula is C24H27N3O5. The number of amides is 3. The van der Waals surface area contributed by atoms with Crippen LogP contribution in [0.1, 0.15) is 23.1 Å². The summed E-state index contributed by atoms with van der Waals surface area (Å²) in [4.78, 5) is 39.1. The lowest BCUT2D eigenvalue weighted by Crippen LogP contribution is -2.38. The number of rotatable bonds is 5. The van der Waals surface area contributed by atoms with Crippen LogP contribution in [-0.2, 0) is 14.4 Å². The van der Waals surface area contributed by atoms with E-state index in [4.69, 9.17) is 9.47 Å². The second-order valence-corrected chi connectivity index (χ2v) is 8.27. The van der Waals surface area contributed by atoms with Crippen LogP contribution in [0.2, 0.25) is 0 Å². The van der Waals surface area contributed by atoms with Gasteiger partial charge in [0, 0.05) is 30.4 Å². The Kier molecular flexibility index (Phi) is 6.03. The molecule has 1 saturated heterocycles. The highest BCUT2D eigenvalue weighted by atomic mass is 16.6. The number of benzene rings is 2. The number of hydrogen-bond donors (Lipinski definition) is 2. The number of nitrogens with zero attached hydrogens (tertiary/aromatic N) is 1. The molecule has 3 amide bonds. The minimum absolute atomic E-state index is 0.0953. The Morgan fingerprint density at radius 3 is 2.44 bits per heavy atom. The molecule has 0 aliphatic carbocycles. The van der Waals surface area contributed by atoms with Gasteiger partial charge in [0.2, 0.25) is 17.7 Å². The SMILES string of the molecule is Cc1cc(C)c(NC(=O)CNC(=O)[C@@H]2CC(=O)N(c3ccc4c(c3)OCCO4)C2)c(C)c1. The van der Waals surface area contributed by atoms with Crippen LogP contribution in [0.3, 0.4) is 0 Å². The topological polar surface area (TPSA) is 97.0 Å². The van der Waals surface area contributed by atoms with Gasteiger partial charge in [-0.2, -0.15) is 0 Å². The molecule has 2 heterocycles. The molecule has 32 heavy (non-hydrogen) atoms. The minimum atomic E-state index is -0.522. The maximum absolute atomic E-state index is 12.6. The minimum Gasteiger partial charge on any atom is -0.486 e. The van der Waals surface area contributed by atoms with E-state index in [1.54, 1.807) is 23.1 Å². The van der Waals surface area contributed by atoms with Crippen LogP contribution in [0.15, 0.2) is 30.3 Å². The molecule has 2 N–H and O–H groups in total. The van der Waals surface area contributed by atoms with E-state index in [9.17, 15) is 14.4 Å². The van der Waals surface area contributed by atoms with Gasteiger partial charge < -0.3 is 25.0 Å². The maximum atomic E-state index is 12.6. The van der Waals surface area contributed by atoms with E-state index in [0.29, 0.717) is 30.4 Å². The zero-order valence-corrected chi connectivity index (χ0v) is 18.5. The normalized spacial score (nSPS) is 17.3. The number of ether oxygens (including phenoxy) is 2. The van der Waals surface area contributed by atoms with Crippen LogP contribution in [0.4, 0.5) is 11.4 Å². The first-order valence-electron chi connectivity index (χ1n) is 10.7. The van der Waals surface area contributed by atoms with E-state index in [0.717, 1.165) is 22.4 Å². The molecule has 0 saturated carbocycles. The van der Waals surface area contributed by atoms with Crippen molar-refractivity contribution in [2.45, 2.75) is 27.2 Å². The number of fused-ring (bicyclic) bond motifs is 1. The first-order valence-corrected chi connectivity index (χ1v) is 10.7. The number of aryl methyl sites for hydroxylation is 3. The Balaban J connectivity index is 1.34. The van der Waals surface area contributed by atoms with Gasteiger partial charge in [-0.25, -0.2) is 0 Å². The molecule has 4 rings (SSSR count). The maximum Gasteiger partial charge on any atom is 0.243 e. The van der Waals surface area contributed by atoms with Crippen LogP contribution >= 0.6 is 0 Å². The van der Waals surface area contributed by atoms with Gasteiger partial charge in [-0.1, -0.05) is 17.7 Å². The van der Waals surface area contributed by atoms with Crippen LogP contribution < -0.4 is 25.0 Å². The summed E-state index contributed by atoms with van der Waals surface area (Å²) in [7, 11) is 0. The first-order chi connectivity index (χ1) is 15.3. The van der Waals surface area contributed by atoms with Gasteiger partial charge in [-0.05, 0) is 44.0 Å². The Hall–Kier alpha value is -3.55. The highest BCUT2D eigenvalue weighted by molar-refractivity contribution is 6.01. The zero-order valence-electron chi connectivity index (χ0n) is 18.5. The molecule has 1 atom stereocenters. The van der Waals surface area contributed by atoms with E-state index in [1.807, 2.05) is 32.9 Å². The van der Waals surface area contributed by atoms with Gasteiger partial charge in [0.1, 0.15) is 13.2 Å². The Morgan fingerprint density at radius 1 is 1.03 bits per heavy atom. The molecule has 0 spiro atoms. The predicted molar refractivity (Wildman–Crippen MR) is 120 cm³/mol. The van der Waals surface area contributed by atoms with Gasteiger partial charge in [-0.15, -0.1) is 0 Å². The second-order valence-electron chi connectivity index (χ2n) is 8.27. The number of carbonyl (C=O) groups is 3. The van der Waals surface area contributed by atoms with Gasteiger partial charge >= 0.3 is 0 Å². The Labute approximate surface area is 186 Å². The second kappa shape index (κ2) is 8.90. The number of anilines is 2.